The second-order valence-corrected chi connectivity index (χ2v) is 8.66. The van der Waals surface area contributed by atoms with E-state index >= 15 is 0 Å². The van der Waals surface area contributed by atoms with Gasteiger partial charge in [-0.2, -0.15) is 0 Å². The molecule has 182 valence electrons. The van der Waals surface area contributed by atoms with E-state index in [9.17, 15) is 23.8 Å². The quantitative estimate of drug-likeness (QED) is 0.461. The van der Waals surface area contributed by atoms with E-state index in [-0.39, 0.29) is 18.2 Å². The van der Waals surface area contributed by atoms with Gasteiger partial charge in [0.1, 0.15) is 5.75 Å². The van der Waals surface area contributed by atoms with Crippen LogP contribution in [0.15, 0.2) is 36.5 Å². The lowest BCUT2D eigenvalue weighted by Crippen LogP contribution is -2.49. The zero-order chi connectivity index (χ0) is 24.4. The summed E-state index contributed by atoms with van der Waals surface area (Å²) in [6.07, 6.45) is -0.553. The summed E-state index contributed by atoms with van der Waals surface area (Å²) in [5.74, 6) is -0.356. The Kier molecular flexibility index (Phi) is 7.16. The van der Waals surface area contributed by atoms with Gasteiger partial charge in [0.15, 0.2) is 0 Å². The van der Waals surface area contributed by atoms with Crippen LogP contribution in [0.2, 0.25) is 0 Å². The largest absolute Gasteiger partial charge is 0.496 e. The van der Waals surface area contributed by atoms with Crippen LogP contribution in [0, 0.1) is 6.92 Å². The van der Waals surface area contributed by atoms with E-state index < -0.39 is 19.0 Å². The standard InChI is InChI=1S/C25H29F2N3O4/c1-15-9-22(34-2)20(19-5-6-28-24(15)19)11-30-8-7-29(13-23(26)27)12-21(30)16-3-4-18(25(32)33)17(10-16)14-31/h3-6,9-10,21,23,28,31H,7-8,11-14H2,1-2H3,(H,32,33). The highest BCUT2D eigenvalue weighted by atomic mass is 19.3. The van der Waals surface area contributed by atoms with Gasteiger partial charge in [-0.3, -0.25) is 9.80 Å². The predicted molar refractivity (Wildman–Crippen MR) is 125 cm³/mol. The number of hydrogen-bond donors (Lipinski definition) is 3. The highest BCUT2D eigenvalue weighted by Gasteiger charge is 2.31. The van der Waals surface area contributed by atoms with Crippen molar-refractivity contribution in [3.05, 3.63) is 64.3 Å². The Hall–Kier alpha value is -3.01. The summed E-state index contributed by atoms with van der Waals surface area (Å²) >= 11 is 0. The lowest BCUT2D eigenvalue weighted by atomic mass is 9.96. The number of aromatic carboxylic acids is 1. The molecule has 1 atom stereocenters. The molecule has 1 aliphatic rings. The van der Waals surface area contributed by atoms with Gasteiger partial charge in [-0.1, -0.05) is 12.1 Å². The smallest absolute Gasteiger partial charge is 0.336 e. The van der Waals surface area contributed by atoms with Crippen molar-refractivity contribution in [2.75, 3.05) is 33.3 Å². The molecule has 0 radical (unpaired) electrons. The van der Waals surface area contributed by atoms with E-state index in [0.29, 0.717) is 31.7 Å². The normalized spacial score (nSPS) is 17.5. The topological polar surface area (TPSA) is 89.0 Å². The summed E-state index contributed by atoms with van der Waals surface area (Å²) in [7, 11) is 1.63. The number of H-pyrrole nitrogens is 1. The van der Waals surface area contributed by atoms with Crippen molar-refractivity contribution in [2.24, 2.45) is 0 Å². The third-order valence-corrected chi connectivity index (χ3v) is 6.58. The van der Waals surface area contributed by atoms with Crippen LogP contribution in [0.4, 0.5) is 8.78 Å². The number of nitrogens with one attached hydrogen (secondary N) is 1. The Labute approximate surface area is 196 Å². The Morgan fingerprint density at radius 2 is 2.06 bits per heavy atom. The fourth-order valence-electron chi connectivity index (χ4n) is 4.89. The Bertz CT molecular complexity index is 1180. The minimum atomic E-state index is -2.44. The SMILES string of the molecule is COc1cc(C)c2[nH]ccc2c1CN1CCN(CC(F)F)CC1c1ccc(C(=O)O)c(CO)c1. The fourth-order valence-corrected chi connectivity index (χ4v) is 4.89. The van der Waals surface area contributed by atoms with Crippen LogP contribution in [-0.2, 0) is 13.2 Å². The van der Waals surface area contributed by atoms with E-state index in [1.54, 1.807) is 24.1 Å². The second kappa shape index (κ2) is 10.1. The number of hydrogen-bond acceptors (Lipinski definition) is 5. The van der Waals surface area contributed by atoms with E-state index in [1.807, 2.05) is 25.3 Å². The molecule has 0 spiro atoms. The summed E-state index contributed by atoms with van der Waals surface area (Å²) in [4.78, 5) is 18.7. The molecule has 1 saturated heterocycles. The van der Waals surface area contributed by atoms with Crippen LogP contribution in [0.5, 0.6) is 5.75 Å². The van der Waals surface area contributed by atoms with Crippen molar-refractivity contribution in [1.82, 2.24) is 14.8 Å². The number of rotatable bonds is 8. The van der Waals surface area contributed by atoms with Gasteiger partial charge in [0.25, 0.3) is 6.43 Å². The summed E-state index contributed by atoms with van der Waals surface area (Å²) in [6, 6.07) is 8.59. The predicted octanol–water partition coefficient (Wildman–Crippen LogP) is 3.80. The number of nitrogens with zero attached hydrogens (tertiary/aromatic N) is 2. The maximum atomic E-state index is 13.2. The first-order valence-corrected chi connectivity index (χ1v) is 11.2. The Morgan fingerprint density at radius 3 is 2.74 bits per heavy atom. The zero-order valence-electron chi connectivity index (χ0n) is 19.2. The third-order valence-electron chi connectivity index (χ3n) is 6.58. The minimum absolute atomic E-state index is 0.0345. The molecular formula is C25H29F2N3O4. The van der Waals surface area contributed by atoms with Crippen molar-refractivity contribution >= 4 is 16.9 Å². The van der Waals surface area contributed by atoms with Crippen LogP contribution < -0.4 is 4.74 Å². The van der Waals surface area contributed by atoms with Crippen molar-refractivity contribution in [2.45, 2.75) is 32.5 Å². The first-order chi connectivity index (χ1) is 16.3. The number of carbonyl (C=O) groups is 1. The third kappa shape index (κ3) is 4.77. The zero-order valence-corrected chi connectivity index (χ0v) is 19.2. The number of carboxylic acids is 1. The van der Waals surface area contributed by atoms with Crippen molar-refractivity contribution < 1.29 is 28.5 Å². The highest BCUT2D eigenvalue weighted by Crippen LogP contribution is 2.35. The molecule has 7 nitrogen and oxygen atoms in total. The number of aryl methyl sites for hydroxylation is 1. The van der Waals surface area contributed by atoms with Gasteiger partial charge in [0, 0.05) is 54.9 Å². The molecule has 3 N–H and O–H groups in total. The van der Waals surface area contributed by atoms with E-state index in [4.69, 9.17) is 4.74 Å². The molecule has 2 aromatic carbocycles. The maximum Gasteiger partial charge on any atom is 0.336 e. The fraction of sp³-hybridized carbons (Fsp3) is 0.400. The first-order valence-electron chi connectivity index (χ1n) is 11.2. The van der Waals surface area contributed by atoms with Crippen LogP contribution in [0.25, 0.3) is 10.9 Å². The van der Waals surface area contributed by atoms with Gasteiger partial charge in [-0.15, -0.1) is 0 Å². The molecule has 34 heavy (non-hydrogen) atoms. The molecule has 1 aliphatic heterocycles. The van der Waals surface area contributed by atoms with E-state index in [0.717, 1.165) is 33.3 Å². The van der Waals surface area contributed by atoms with Gasteiger partial charge in [0.05, 0.1) is 25.8 Å². The summed E-state index contributed by atoms with van der Waals surface area (Å²) < 4.78 is 32.0. The number of methoxy groups -OCH3 is 1. The number of fused-ring (bicyclic) bond motifs is 1. The molecule has 0 saturated carbocycles. The minimum Gasteiger partial charge on any atom is -0.496 e. The molecule has 2 heterocycles. The maximum absolute atomic E-state index is 13.2. The molecule has 1 unspecified atom stereocenters. The number of alkyl halides is 2. The summed E-state index contributed by atoms with van der Waals surface area (Å²) in [5, 5.41) is 20.2. The van der Waals surface area contributed by atoms with E-state index in [1.165, 1.54) is 6.07 Å². The number of halogens is 2. The number of benzene rings is 2. The van der Waals surface area contributed by atoms with Gasteiger partial charge in [0.2, 0.25) is 0 Å². The monoisotopic (exact) mass is 473 g/mol. The number of aromatic nitrogens is 1. The molecule has 9 heteroatoms. The molecule has 4 rings (SSSR count). The van der Waals surface area contributed by atoms with Gasteiger partial charge in [-0.25, -0.2) is 13.6 Å². The number of aliphatic hydroxyl groups is 1. The molecular weight excluding hydrogens is 444 g/mol. The van der Waals surface area contributed by atoms with Crippen LogP contribution in [0.3, 0.4) is 0 Å². The van der Waals surface area contributed by atoms with E-state index in [2.05, 4.69) is 9.88 Å². The van der Waals surface area contributed by atoms with Gasteiger partial charge in [-0.05, 0) is 41.8 Å². The van der Waals surface area contributed by atoms with Crippen molar-refractivity contribution in [3.8, 4) is 5.75 Å². The molecule has 0 aliphatic carbocycles. The van der Waals surface area contributed by atoms with Gasteiger partial charge >= 0.3 is 5.97 Å². The number of aromatic amines is 1. The number of piperazine rings is 1. The summed E-state index contributed by atoms with van der Waals surface area (Å²) in [5.41, 5.74) is 4.21. The lowest BCUT2D eigenvalue weighted by molar-refractivity contribution is 0.0245. The Balaban J connectivity index is 1.73. The lowest BCUT2D eigenvalue weighted by Gasteiger charge is -2.42. The summed E-state index contributed by atoms with van der Waals surface area (Å²) in [6.45, 7) is 3.21. The second-order valence-electron chi connectivity index (χ2n) is 8.66. The average molecular weight is 474 g/mol. The number of aliphatic hydroxyl groups excluding tert-OH is 1. The van der Waals surface area contributed by atoms with Crippen LogP contribution >= 0.6 is 0 Å². The highest BCUT2D eigenvalue weighted by molar-refractivity contribution is 5.89. The average Bonchev–Trinajstić information content (AvgIpc) is 3.31. The van der Waals surface area contributed by atoms with Crippen LogP contribution in [0.1, 0.15) is 38.7 Å². The first kappa shape index (κ1) is 24.1. The molecule has 3 aromatic rings. The number of carboxylic acid groups (broad SMARTS) is 1. The Morgan fingerprint density at radius 1 is 1.26 bits per heavy atom. The number of ether oxygens (including phenoxy) is 1. The van der Waals surface area contributed by atoms with Crippen LogP contribution in [-0.4, -0.2) is 70.7 Å². The van der Waals surface area contributed by atoms with Crippen molar-refractivity contribution in [1.29, 1.82) is 0 Å². The molecule has 1 fully saturated rings. The van der Waals surface area contributed by atoms with Crippen molar-refractivity contribution in [3.63, 3.8) is 0 Å². The van der Waals surface area contributed by atoms with Gasteiger partial charge < -0.3 is 19.9 Å². The molecule has 0 bridgehead atoms. The molecule has 0 amide bonds. The molecule has 1 aromatic heterocycles.